The van der Waals surface area contributed by atoms with E-state index in [4.69, 9.17) is 0 Å². The Hall–Kier alpha value is -2.85. The largest absolute Gasteiger partial charge is 0.326 e. The van der Waals surface area contributed by atoms with Crippen LogP contribution in [0.2, 0.25) is 0 Å². The highest BCUT2D eigenvalue weighted by atomic mass is 79.9. The summed E-state index contributed by atoms with van der Waals surface area (Å²) < 4.78 is 14.3. The van der Waals surface area contributed by atoms with Crippen molar-refractivity contribution < 1.29 is 14.0 Å². The first kappa shape index (κ1) is 22.8. The summed E-state index contributed by atoms with van der Waals surface area (Å²) >= 11 is 4.63. The van der Waals surface area contributed by atoms with Crippen molar-refractivity contribution >= 4 is 50.0 Å². The number of hydrogen-bond donors (Lipinski definition) is 3. The van der Waals surface area contributed by atoms with Gasteiger partial charge in [-0.15, -0.1) is 10.2 Å². The number of halogens is 2. The Kier molecular flexibility index (Phi) is 7.69. The van der Waals surface area contributed by atoms with E-state index in [9.17, 15) is 14.0 Å². The van der Waals surface area contributed by atoms with Crippen LogP contribution >= 0.6 is 27.3 Å². The van der Waals surface area contributed by atoms with Crippen molar-refractivity contribution in [3.8, 4) is 10.6 Å². The fourth-order valence-electron chi connectivity index (χ4n) is 2.74. The molecule has 10 heteroatoms. The normalized spacial score (nSPS) is 12.6. The van der Waals surface area contributed by atoms with Gasteiger partial charge in [0.05, 0.1) is 0 Å². The Bertz CT molecular complexity index is 1060. The maximum Gasteiger partial charge on any atom is 0.319 e. The third-order valence-corrected chi connectivity index (χ3v) is 6.03. The second-order valence-corrected chi connectivity index (χ2v) is 8.77. The molecule has 3 N–H and O–H groups in total. The van der Waals surface area contributed by atoms with Crippen LogP contribution in [0.25, 0.3) is 10.6 Å². The van der Waals surface area contributed by atoms with E-state index < -0.39 is 23.8 Å². The van der Waals surface area contributed by atoms with Crippen LogP contribution in [0.3, 0.4) is 0 Å². The van der Waals surface area contributed by atoms with Gasteiger partial charge in [-0.2, -0.15) is 0 Å². The van der Waals surface area contributed by atoms with E-state index in [0.717, 1.165) is 10.0 Å². The van der Waals surface area contributed by atoms with Crippen molar-refractivity contribution in [1.82, 2.24) is 15.5 Å². The lowest BCUT2D eigenvalue weighted by molar-refractivity contribution is -0.119. The second kappa shape index (κ2) is 10.5. The van der Waals surface area contributed by atoms with E-state index in [2.05, 4.69) is 42.1 Å². The number of carbonyl (C=O) groups is 2. The fraction of sp³-hybridized carbons (Fsp3) is 0.238. The number of amides is 3. The highest BCUT2D eigenvalue weighted by Gasteiger charge is 2.27. The number of benzene rings is 2. The van der Waals surface area contributed by atoms with Crippen molar-refractivity contribution in [3.63, 3.8) is 0 Å². The SMILES string of the molecule is CC[C@@H](C)[C@@H](NC(=O)Nc1cccc(F)c1)C(=O)Nc1nnc(-c2ccc(Br)cc2)s1. The van der Waals surface area contributed by atoms with Crippen molar-refractivity contribution in [1.29, 1.82) is 0 Å². The zero-order valence-corrected chi connectivity index (χ0v) is 19.3. The number of nitrogens with zero attached hydrogens (tertiary/aromatic N) is 2. The summed E-state index contributed by atoms with van der Waals surface area (Å²) in [5, 5.41) is 17.1. The minimum Gasteiger partial charge on any atom is -0.326 e. The molecule has 3 aromatic rings. The van der Waals surface area contributed by atoms with E-state index in [-0.39, 0.29) is 5.92 Å². The van der Waals surface area contributed by atoms with Gasteiger partial charge in [0, 0.05) is 15.7 Å². The molecule has 31 heavy (non-hydrogen) atoms. The van der Waals surface area contributed by atoms with Gasteiger partial charge in [-0.25, -0.2) is 9.18 Å². The molecular weight excluding hydrogens is 485 g/mol. The van der Waals surface area contributed by atoms with E-state index in [1.807, 2.05) is 38.1 Å². The minimum absolute atomic E-state index is 0.142. The highest BCUT2D eigenvalue weighted by molar-refractivity contribution is 9.10. The van der Waals surface area contributed by atoms with Crippen molar-refractivity contribution in [3.05, 3.63) is 58.8 Å². The number of carbonyl (C=O) groups excluding carboxylic acids is 2. The Morgan fingerprint density at radius 2 is 1.87 bits per heavy atom. The molecule has 1 aromatic heterocycles. The van der Waals surface area contributed by atoms with Gasteiger partial charge in [0.25, 0.3) is 0 Å². The summed E-state index contributed by atoms with van der Waals surface area (Å²) in [4.78, 5) is 25.2. The number of nitrogens with one attached hydrogen (secondary N) is 3. The van der Waals surface area contributed by atoms with Crippen LogP contribution in [0, 0.1) is 11.7 Å². The van der Waals surface area contributed by atoms with Gasteiger partial charge in [-0.1, -0.05) is 65.7 Å². The van der Waals surface area contributed by atoms with Crippen LogP contribution < -0.4 is 16.0 Å². The van der Waals surface area contributed by atoms with Crippen molar-refractivity contribution in [2.24, 2.45) is 5.92 Å². The lowest BCUT2D eigenvalue weighted by atomic mass is 9.98. The van der Waals surface area contributed by atoms with Crippen molar-refractivity contribution in [2.45, 2.75) is 26.3 Å². The standard InChI is InChI=1S/C21H21BrFN5O2S/c1-3-12(2)17(25-20(30)24-16-6-4-5-15(23)11-16)18(29)26-21-28-27-19(31-21)13-7-9-14(22)10-8-13/h4-12,17H,3H2,1-2H3,(H2,24,25,30)(H,26,28,29)/t12-,17-/m1/s1. The third-order valence-electron chi connectivity index (χ3n) is 4.61. The molecule has 2 atom stereocenters. The predicted octanol–water partition coefficient (Wildman–Crippen LogP) is 5.28. The molecule has 0 aliphatic heterocycles. The molecule has 0 fully saturated rings. The Morgan fingerprint density at radius 3 is 2.55 bits per heavy atom. The quantitative estimate of drug-likeness (QED) is 0.406. The first-order valence-corrected chi connectivity index (χ1v) is 11.2. The van der Waals surface area contributed by atoms with Gasteiger partial charge in [0.1, 0.15) is 16.9 Å². The van der Waals surface area contributed by atoms with Gasteiger partial charge >= 0.3 is 6.03 Å². The first-order valence-electron chi connectivity index (χ1n) is 9.59. The molecule has 0 spiro atoms. The van der Waals surface area contributed by atoms with E-state index >= 15 is 0 Å². The van der Waals surface area contributed by atoms with Crippen LogP contribution in [-0.2, 0) is 4.79 Å². The summed E-state index contributed by atoms with van der Waals surface area (Å²) in [6, 6.07) is 11.7. The summed E-state index contributed by atoms with van der Waals surface area (Å²) in [7, 11) is 0. The zero-order valence-electron chi connectivity index (χ0n) is 16.9. The third kappa shape index (κ3) is 6.31. The van der Waals surface area contributed by atoms with E-state index in [1.54, 1.807) is 6.07 Å². The minimum atomic E-state index is -0.807. The van der Waals surface area contributed by atoms with Crippen LogP contribution in [-0.4, -0.2) is 28.2 Å². The molecule has 3 amide bonds. The Balaban J connectivity index is 1.67. The van der Waals surface area contributed by atoms with Gasteiger partial charge in [-0.05, 0) is 36.2 Å². The van der Waals surface area contributed by atoms with Gasteiger partial charge in [0.15, 0.2) is 0 Å². The summed E-state index contributed by atoms with van der Waals surface area (Å²) in [6.07, 6.45) is 0.665. The van der Waals surface area contributed by atoms with E-state index in [0.29, 0.717) is 22.2 Å². The monoisotopic (exact) mass is 505 g/mol. The van der Waals surface area contributed by atoms with Gasteiger partial charge < -0.3 is 10.6 Å². The first-order chi connectivity index (χ1) is 14.9. The van der Waals surface area contributed by atoms with E-state index in [1.165, 1.54) is 29.5 Å². The molecule has 7 nitrogen and oxygen atoms in total. The number of hydrogen-bond acceptors (Lipinski definition) is 5. The molecule has 0 bridgehead atoms. The lowest BCUT2D eigenvalue weighted by Crippen LogP contribution is -2.49. The topological polar surface area (TPSA) is 96.0 Å². The average molecular weight is 506 g/mol. The molecule has 1 heterocycles. The molecule has 0 unspecified atom stereocenters. The fourth-order valence-corrected chi connectivity index (χ4v) is 3.76. The maximum atomic E-state index is 13.3. The zero-order chi connectivity index (χ0) is 22.4. The number of anilines is 2. The molecule has 0 aliphatic carbocycles. The predicted molar refractivity (Wildman–Crippen MR) is 123 cm³/mol. The molecule has 0 radical (unpaired) electrons. The molecular formula is C21H21BrFN5O2S. The number of rotatable bonds is 7. The van der Waals surface area contributed by atoms with Gasteiger partial charge in [-0.3, -0.25) is 10.1 Å². The van der Waals surface area contributed by atoms with Crippen LogP contribution in [0.1, 0.15) is 20.3 Å². The number of aromatic nitrogens is 2. The summed E-state index contributed by atoms with van der Waals surface area (Å²) in [5.74, 6) is -1.01. The van der Waals surface area contributed by atoms with Gasteiger partial charge in [0.2, 0.25) is 11.0 Å². The summed E-state index contributed by atoms with van der Waals surface area (Å²) in [6.45, 7) is 3.79. The molecule has 0 aliphatic rings. The van der Waals surface area contributed by atoms with Crippen LogP contribution in [0.5, 0.6) is 0 Å². The highest BCUT2D eigenvalue weighted by Crippen LogP contribution is 2.27. The van der Waals surface area contributed by atoms with Crippen LogP contribution in [0.4, 0.5) is 20.0 Å². The lowest BCUT2D eigenvalue weighted by Gasteiger charge is -2.23. The average Bonchev–Trinajstić information content (AvgIpc) is 3.20. The summed E-state index contributed by atoms with van der Waals surface area (Å²) in [5.41, 5.74) is 1.18. The smallest absolute Gasteiger partial charge is 0.319 e. The molecule has 0 saturated heterocycles. The Morgan fingerprint density at radius 1 is 1.13 bits per heavy atom. The van der Waals surface area contributed by atoms with Crippen molar-refractivity contribution in [2.75, 3.05) is 10.6 Å². The maximum absolute atomic E-state index is 13.3. The molecule has 0 saturated carbocycles. The molecule has 2 aromatic carbocycles. The number of urea groups is 1. The Labute approximate surface area is 191 Å². The molecule has 3 rings (SSSR count). The molecule has 162 valence electrons. The van der Waals surface area contributed by atoms with Crippen LogP contribution in [0.15, 0.2) is 53.0 Å². The second-order valence-electron chi connectivity index (χ2n) is 6.88.